The normalized spacial score (nSPS) is 11.8. The highest BCUT2D eigenvalue weighted by Gasteiger charge is 2.27. The number of H-pyrrole nitrogens is 1. The van der Waals surface area contributed by atoms with E-state index in [0.717, 1.165) is 27.9 Å². The Balaban J connectivity index is 1.55. The zero-order valence-corrected chi connectivity index (χ0v) is 17.8. The molecule has 0 radical (unpaired) electrons. The van der Waals surface area contributed by atoms with E-state index in [1.165, 1.54) is 6.07 Å². The number of pyridine rings is 1. The van der Waals surface area contributed by atoms with E-state index in [1.807, 2.05) is 91.9 Å². The molecule has 0 aliphatic rings. The van der Waals surface area contributed by atoms with Crippen molar-refractivity contribution in [1.82, 2.24) is 4.98 Å². The number of aryl methyl sites for hydroxylation is 1. The first-order valence-corrected chi connectivity index (χ1v) is 10.5. The Morgan fingerprint density at radius 2 is 1.38 bits per heavy atom. The van der Waals surface area contributed by atoms with E-state index in [4.69, 9.17) is 5.73 Å². The second-order valence-corrected chi connectivity index (χ2v) is 7.75. The Morgan fingerprint density at radius 1 is 0.812 bits per heavy atom. The van der Waals surface area contributed by atoms with Crippen LogP contribution in [0.4, 0.5) is 5.69 Å². The topological polar surface area (TPSA) is 88.0 Å². The summed E-state index contributed by atoms with van der Waals surface area (Å²) in [5.41, 5.74) is 11.7. The van der Waals surface area contributed by atoms with Gasteiger partial charge in [0.2, 0.25) is 11.5 Å². The average molecular weight is 424 g/mol. The van der Waals surface area contributed by atoms with Crippen LogP contribution in [0.5, 0.6) is 0 Å². The van der Waals surface area contributed by atoms with Crippen molar-refractivity contribution in [3.05, 3.63) is 124 Å². The van der Waals surface area contributed by atoms with Crippen molar-refractivity contribution in [1.29, 1.82) is 0 Å². The molecule has 0 spiro atoms. The highest BCUT2D eigenvalue weighted by Crippen LogP contribution is 2.28. The number of benzene rings is 3. The van der Waals surface area contributed by atoms with Gasteiger partial charge in [-0.3, -0.25) is 9.59 Å². The van der Waals surface area contributed by atoms with Crippen LogP contribution < -0.4 is 16.6 Å². The number of amides is 1. The van der Waals surface area contributed by atoms with Gasteiger partial charge >= 0.3 is 0 Å². The first-order chi connectivity index (χ1) is 15.5. The van der Waals surface area contributed by atoms with E-state index < -0.39 is 6.04 Å². The quantitative estimate of drug-likeness (QED) is 0.428. The van der Waals surface area contributed by atoms with Crippen LogP contribution in [0.25, 0.3) is 11.1 Å². The third-order valence-corrected chi connectivity index (χ3v) is 5.56. The summed E-state index contributed by atoms with van der Waals surface area (Å²) >= 11 is 0. The Kier molecular flexibility index (Phi) is 6.29. The molecule has 0 saturated carbocycles. The van der Waals surface area contributed by atoms with Crippen LogP contribution in [-0.2, 0) is 4.79 Å². The number of carbonyl (C=O) groups excluding carboxylic acids is 1. The summed E-state index contributed by atoms with van der Waals surface area (Å²) in [6.45, 7) is 1.86. The van der Waals surface area contributed by atoms with Crippen LogP contribution in [0.15, 0.2) is 102 Å². The molecule has 1 aromatic heterocycles. The third-order valence-electron chi connectivity index (χ3n) is 5.56. The maximum absolute atomic E-state index is 13.1. The fourth-order valence-electron chi connectivity index (χ4n) is 3.93. The third kappa shape index (κ3) is 4.68. The number of carbonyl (C=O) groups is 1. The molecule has 3 aromatic carbocycles. The van der Waals surface area contributed by atoms with Crippen molar-refractivity contribution < 1.29 is 4.79 Å². The maximum Gasteiger partial charge on any atom is 0.248 e. The van der Waals surface area contributed by atoms with Gasteiger partial charge in [0.1, 0.15) is 0 Å². The first-order valence-electron chi connectivity index (χ1n) is 10.5. The molecule has 0 fully saturated rings. The van der Waals surface area contributed by atoms with Crippen molar-refractivity contribution in [3.8, 4) is 11.1 Å². The summed E-state index contributed by atoms with van der Waals surface area (Å²) in [5, 5.41) is 2.94. The molecule has 1 heterocycles. The minimum absolute atomic E-state index is 0.129. The van der Waals surface area contributed by atoms with Crippen LogP contribution in [-0.4, -0.2) is 16.9 Å². The van der Waals surface area contributed by atoms with Gasteiger partial charge in [0.05, 0.1) is 6.04 Å². The monoisotopic (exact) mass is 423 g/mol. The van der Waals surface area contributed by atoms with Crippen LogP contribution in [0, 0.1) is 6.92 Å². The fraction of sp³-hybridized carbons (Fsp3) is 0.111. The largest absolute Gasteiger partial charge is 0.326 e. The molecule has 0 bridgehead atoms. The zero-order valence-electron chi connectivity index (χ0n) is 17.8. The van der Waals surface area contributed by atoms with E-state index in [2.05, 4.69) is 10.3 Å². The first kappa shape index (κ1) is 21.3. The van der Waals surface area contributed by atoms with Crippen molar-refractivity contribution in [2.45, 2.75) is 18.9 Å². The summed E-state index contributed by atoms with van der Waals surface area (Å²) in [5.74, 6) is -0.517. The summed E-state index contributed by atoms with van der Waals surface area (Å²) < 4.78 is 0. The predicted octanol–water partition coefficient (Wildman–Crippen LogP) is 4.45. The molecule has 1 atom stereocenters. The second-order valence-electron chi connectivity index (χ2n) is 7.75. The number of hydrogen-bond donors (Lipinski definition) is 3. The summed E-state index contributed by atoms with van der Waals surface area (Å²) in [6.07, 6.45) is 0. The minimum atomic E-state index is -0.763. The average Bonchev–Trinajstić information content (AvgIpc) is 2.81. The molecule has 0 aliphatic carbocycles. The molecule has 4 N–H and O–H groups in total. The number of hydrogen-bond acceptors (Lipinski definition) is 3. The molecule has 0 saturated heterocycles. The summed E-state index contributed by atoms with van der Waals surface area (Å²) in [4.78, 5) is 27.3. The Morgan fingerprint density at radius 3 is 1.91 bits per heavy atom. The van der Waals surface area contributed by atoms with E-state index in [0.29, 0.717) is 5.69 Å². The van der Waals surface area contributed by atoms with Crippen molar-refractivity contribution in [2.24, 2.45) is 5.73 Å². The Labute approximate surface area is 186 Å². The molecular weight excluding hydrogens is 398 g/mol. The molecule has 0 unspecified atom stereocenters. The number of aromatic nitrogens is 1. The van der Waals surface area contributed by atoms with Crippen molar-refractivity contribution >= 4 is 11.6 Å². The van der Waals surface area contributed by atoms with Gasteiger partial charge in [0.15, 0.2) is 0 Å². The van der Waals surface area contributed by atoms with Gasteiger partial charge in [0, 0.05) is 28.9 Å². The number of nitrogens with two attached hydrogens (primary N) is 1. The Bertz CT molecular complexity index is 1210. The van der Waals surface area contributed by atoms with Crippen molar-refractivity contribution in [3.63, 3.8) is 0 Å². The lowest BCUT2D eigenvalue weighted by atomic mass is 9.85. The molecule has 5 nitrogen and oxygen atoms in total. The van der Waals surface area contributed by atoms with Gasteiger partial charge in [-0.1, -0.05) is 72.8 Å². The lowest BCUT2D eigenvalue weighted by molar-refractivity contribution is -0.117. The van der Waals surface area contributed by atoms with Gasteiger partial charge < -0.3 is 16.0 Å². The summed E-state index contributed by atoms with van der Waals surface area (Å²) in [6, 6.07) is 29.7. The molecule has 1 amide bonds. The lowest BCUT2D eigenvalue weighted by Crippen LogP contribution is -2.41. The number of nitrogens with one attached hydrogen (secondary N) is 2. The maximum atomic E-state index is 13.1. The van der Waals surface area contributed by atoms with E-state index in [-0.39, 0.29) is 17.4 Å². The highest BCUT2D eigenvalue weighted by molar-refractivity contribution is 5.96. The highest BCUT2D eigenvalue weighted by atomic mass is 16.2. The zero-order chi connectivity index (χ0) is 22.5. The lowest BCUT2D eigenvalue weighted by Gasteiger charge is -2.24. The van der Waals surface area contributed by atoms with Crippen molar-refractivity contribution in [2.75, 3.05) is 5.32 Å². The van der Waals surface area contributed by atoms with Gasteiger partial charge in [-0.2, -0.15) is 0 Å². The molecule has 160 valence electrons. The van der Waals surface area contributed by atoms with E-state index >= 15 is 0 Å². The van der Waals surface area contributed by atoms with Crippen LogP contribution in [0.2, 0.25) is 0 Å². The second kappa shape index (κ2) is 9.45. The Hall–Kier alpha value is -3.96. The molecule has 0 aliphatic heterocycles. The number of aromatic amines is 1. The standard InChI is InChI=1S/C27H25N3O2/c1-18-23(16-17-24(31)29-18)19-12-14-22(15-13-19)30-27(32)26(28)25(20-8-4-2-5-9-20)21-10-6-3-7-11-21/h2-17,25-26H,28H2,1H3,(H,29,31)(H,30,32)/t26-/m0/s1. The van der Waals surface area contributed by atoms with Gasteiger partial charge in [-0.25, -0.2) is 0 Å². The van der Waals surface area contributed by atoms with E-state index in [1.54, 1.807) is 6.07 Å². The molecule has 4 rings (SSSR count). The van der Waals surface area contributed by atoms with Gasteiger partial charge in [0.25, 0.3) is 0 Å². The fourth-order valence-corrected chi connectivity index (χ4v) is 3.93. The number of rotatable bonds is 6. The molecule has 32 heavy (non-hydrogen) atoms. The van der Waals surface area contributed by atoms with Crippen LogP contribution >= 0.6 is 0 Å². The SMILES string of the molecule is Cc1[nH]c(=O)ccc1-c1ccc(NC(=O)[C@@H](N)C(c2ccccc2)c2ccccc2)cc1. The number of anilines is 1. The van der Waals surface area contributed by atoms with E-state index in [9.17, 15) is 9.59 Å². The van der Waals surface area contributed by atoms with Gasteiger partial charge in [-0.05, 0) is 41.8 Å². The summed E-state index contributed by atoms with van der Waals surface area (Å²) in [7, 11) is 0. The molecule has 4 aromatic rings. The van der Waals surface area contributed by atoms with Crippen LogP contribution in [0.1, 0.15) is 22.7 Å². The smallest absolute Gasteiger partial charge is 0.248 e. The predicted molar refractivity (Wildman–Crippen MR) is 129 cm³/mol. The van der Waals surface area contributed by atoms with Gasteiger partial charge in [-0.15, -0.1) is 0 Å². The van der Waals surface area contributed by atoms with Crippen LogP contribution in [0.3, 0.4) is 0 Å². The molecular formula is C27H25N3O2. The minimum Gasteiger partial charge on any atom is -0.326 e. The molecule has 5 heteroatoms.